The molecule has 0 radical (unpaired) electrons. The fourth-order valence-electron chi connectivity index (χ4n) is 6.12. The van der Waals surface area contributed by atoms with Crippen LogP contribution in [0.1, 0.15) is 64.4 Å². The highest BCUT2D eigenvalue weighted by Gasteiger charge is 2.51. The van der Waals surface area contributed by atoms with Crippen molar-refractivity contribution >= 4 is 28.5 Å². The van der Waals surface area contributed by atoms with Crippen LogP contribution >= 0.6 is 0 Å². The number of nitrogens with zero attached hydrogens (tertiary/aromatic N) is 1. The number of fused-ring (bicyclic) bond motifs is 3. The van der Waals surface area contributed by atoms with Crippen LogP contribution in [0.2, 0.25) is 0 Å². The summed E-state index contributed by atoms with van der Waals surface area (Å²) in [5, 5.41) is 3.77. The number of nitrogens with one attached hydrogen (secondary N) is 2. The molecule has 1 amide bonds. The van der Waals surface area contributed by atoms with E-state index >= 15 is 0 Å². The van der Waals surface area contributed by atoms with E-state index in [0.29, 0.717) is 17.5 Å². The Labute approximate surface area is 189 Å². The molecule has 3 atom stereocenters. The number of ether oxygens (including phenoxy) is 2. The van der Waals surface area contributed by atoms with Gasteiger partial charge < -0.3 is 19.8 Å². The van der Waals surface area contributed by atoms with Gasteiger partial charge in [-0.3, -0.25) is 9.69 Å². The van der Waals surface area contributed by atoms with Crippen LogP contribution in [0, 0.1) is 10.8 Å². The van der Waals surface area contributed by atoms with E-state index in [1.54, 1.807) is 14.0 Å². The predicted molar refractivity (Wildman–Crippen MR) is 125 cm³/mol. The van der Waals surface area contributed by atoms with Crippen LogP contribution in [0.15, 0.2) is 18.2 Å². The number of carbonyl (C=O) groups excluding carboxylic acids is 2. The van der Waals surface area contributed by atoms with Crippen molar-refractivity contribution in [2.45, 2.75) is 66.0 Å². The minimum Gasteiger partial charge on any atom is -0.497 e. The van der Waals surface area contributed by atoms with Crippen molar-refractivity contribution in [1.29, 1.82) is 0 Å². The molecular weight excluding hydrogens is 406 g/mol. The number of anilines is 1. The van der Waals surface area contributed by atoms with Gasteiger partial charge in [-0.2, -0.15) is 0 Å². The van der Waals surface area contributed by atoms with Crippen molar-refractivity contribution in [3.8, 4) is 5.75 Å². The van der Waals surface area contributed by atoms with E-state index in [0.717, 1.165) is 30.3 Å². The summed E-state index contributed by atoms with van der Waals surface area (Å²) < 4.78 is 10.6. The molecule has 1 aromatic carbocycles. The van der Waals surface area contributed by atoms with Crippen LogP contribution in [0.5, 0.6) is 5.75 Å². The first-order chi connectivity index (χ1) is 15.1. The fraction of sp³-hybridized carbons (Fsp3) is 0.600. The standard InChI is InChI=1S/C25H35N3O4/c1-7-32-23(30)21-20(18-10-17(31-6)8-9-19(18)26-21)27-22(29)15(2)28-14-25(5)12-16(28)11-24(3,4)13-25/h8-10,15-16,26H,7,11-14H2,1-6H3,(H,27,29)/t15-,16-,25+/m1/s1. The number of hydrogen-bond acceptors (Lipinski definition) is 5. The number of aromatic amines is 1. The Morgan fingerprint density at radius 3 is 2.72 bits per heavy atom. The zero-order chi connectivity index (χ0) is 23.3. The Balaban J connectivity index is 1.63. The van der Waals surface area contributed by atoms with Gasteiger partial charge in [0.25, 0.3) is 0 Å². The van der Waals surface area contributed by atoms with Crippen LogP contribution < -0.4 is 10.1 Å². The minimum absolute atomic E-state index is 0.117. The third-order valence-electron chi connectivity index (χ3n) is 7.07. The topological polar surface area (TPSA) is 83.7 Å². The number of methoxy groups -OCH3 is 1. The fourth-order valence-corrected chi connectivity index (χ4v) is 6.12. The van der Waals surface area contributed by atoms with E-state index < -0.39 is 5.97 Å². The Kier molecular flexibility index (Phi) is 5.74. The lowest BCUT2D eigenvalue weighted by molar-refractivity contribution is -0.121. The first-order valence-electron chi connectivity index (χ1n) is 11.5. The number of hydrogen-bond donors (Lipinski definition) is 2. The summed E-state index contributed by atoms with van der Waals surface area (Å²) in [6.07, 6.45) is 3.40. The normalized spacial score (nSPS) is 25.5. The van der Waals surface area contributed by atoms with Crippen molar-refractivity contribution < 1.29 is 19.1 Å². The number of aromatic nitrogens is 1. The molecule has 0 spiro atoms. The lowest BCUT2D eigenvalue weighted by atomic mass is 9.65. The summed E-state index contributed by atoms with van der Waals surface area (Å²) in [6, 6.07) is 5.57. The number of likely N-dealkylation sites (tertiary alicyclic amines) is 1. The van der Waals surface area contributed by atoms with E-state index in [1.165, 1.54) is 6.42 Å². The maximum Gasteiger partial charge on any atom is 0.356 e. The zero-order valence-electron chi connectivity index (χ0n) is 20.0. The third-order valence-corrected chi connectivity index (χ3v) is 7.07. The summed E-state index contributed by atoms with van der Waals surface area (Å²) in [7, 11) is 1.59. The van der Waals surface area contributed by atoms with Crippen LogP contribution in [0.25, 0.3) is 10.9 Å². The number of rotatable bonds is 6. The van der Waals surface area contributed by atoms with Gasteiger partial charge in [0.2, 0.25) is 5.91 Å². The van der Waals surface area contributed by atoms with Gasteiger partial charge in [0.1, 0.15) is 11.4 Å². The first-order valence-corrected chi connectivity index (χ1v) is 11.5. The highest BCUT2D eigenvalue weighted by molar-refractivity contribution is 6.12. The van der Waals surface area contributed by atoms with Gasteiger partial charge in [-0.1, -0.05) is 20.8 Å². The number of esters is 1. The lowest BCUT2D eigenvalue weighted by Crippen LogP contribution is -2.45. The van der Waals surface area contributed by atoms with Crippen LogP contribution in [0.3, 0.4) is 0 Å². The van der Waals surface area contributed by atoms with Gasteiger partial charge in [-0.25, -0.2) is 4.79 Å². The second-order valence-electron chi connectivity index (χ2n) is 10.6. The molecule has 2 bridgehead atoms. The molecule has 1 saturated carbocycles. The van der Waals surface area contributed by atoms with Crippen molar-refractivity contribution in [2.24, 2.45) is 10.8 Å². The third kappa shape index (κ3) is 4.10. The maximum absolute atomic E-state index is 13.4. The Morgan fingerprint density at radius 1 is 1.28 bits per heavy atom. The number of amides is 1. The quantitative estimate of drug-likeness (QED) is 0.641. The molecule has 174 valence electrons. The second-order valence-corrected chi connectivity index (χ2v) is 10.6. The first kappa shape index (κ1) is 22.6. The highest BCUT2D eigenvalue weighted by atomic mass is 16.5. The summed E-state index contributed by atoms with van der Waals surface area (Å²) >= 11 is 0. The van der Waals surface area contributed by atoms with Gasteiger partial charge in [-0.15, -0.1) is 0 Å². The molecule has 2 aromatic rings. The van der Waals surface area contributed by atoms with Gasteiger partial charge in [-0.05, 0) is 62.1 Å². The van der Waals surface area contributed by atoms with E-state index in [-0.39, 0.29) is 35.1 Å². The molecule has 0 unspecified atom stereocenters. The minimum atomic E-state index is -0.489. The van der Waals surface area contributed by atoms with Gasteiger partial charge in [0, 0.05) is 23.5 Å². The van der Waals surface area contributed by atoms with Gasteiger partial charge in [0.05, 0.1) is 25.4 Å². The van der Waals surface area contributed by atoms with Crippen LogP contribution in [-0.2, 0) is 9.53 Å². The summed E-state index contributed by atoms with van der Waals surface area (Å²) in [5.41, 5.74) is 1.97. The van der Waals surface area contributed by atoms with Crippen molar-refractivity contribution in [3.63, 3.8) is 0 Å². The lowest BCUT2D eigenvalue weighted by Gasteiger charge is -2.40. The Bertz CT molecular complexity index is 1040. The van der Waals surface area contributed by atoms with E-state index in [1.807, 2.05) is 25.1 Å². The van der Waals surface area contributed by atoms with Crippen LogP contribution in [-0.4, -0.2) is 54.1 Å². The van der Waals surface area contributed by atoms with E-state index in [4.69, 9.17) is 9.47 Å². The number of benzene rings is 1. The van der Waals surface area contributed by atoms with Crippen molar-refractivity contribution in [2.75, 3.05) is 25.6 Å². The van der Waals surface area contributed by atoms with Gasteiger partial charge >= 0.3 is 5.97 Å². The molecule has 1 aliphatic carbocycles. The Hall–Kier alpha value is -2.54. The number of H-pyrrole nitrogens is 1. The van der Waals surface area contributed by atoms with E-state index in [9.17, 15) is 9.59 Å². The summed E-state index contributed by atoms with van der Waals surface area (Å²) in [5.74, 6) is 0.0455. The maximum atomic E-state index is 13.4. The SMILES string of the molecule is CCOC(=O)c1[nH]c2ccc(OC)cc2c1NC(=O)[C@@H](C)N1C[C@@]2(C)C[C@H]1CC(C)(C)C2. The molecule has 2 fully saturated rings. The molecule has 2 heterocycles. The molecule has 2 N–H and O–H groups in total. The molecule has 1 saturated heterocycles. The Morgan fingerprint density at radius 2 is 2.03 bits per heavy atom. The molecule has 7 nitrogen and oxygen atoms in total. The highest BCUT2D eigenvalue weighted by Crippen LogP contribution is 2.53. The van der Waals surface area contributed by atoms with Crippen molar-refractivity contribution in [1.82, 2.24) is 9.88 Å². The molecule has 1 aliphatic heterocycles. The second kappa shape index (κ2) is 8.10. The average Bonchev–Trinajstić information content (AvgIpc) is 3.20. The molecule has 7 heteroatoms. The summed E-state index contributed by atoms with van der Waals surface area (Å²) in [4.78, 5) is 31.5. The van der Waals surface area contributed by atoms with Crippen molar-refractivity contribution in [3.05, 3.63) is 23.9 Å². The largest absolute Gasteiger partial charge is 0.497 e. The molecule has 4 rings (SSSR count). The summed E-state index contributed by atoms with van der Waals surface area (Å²) in [6.45, 7) is 11.9. The molecule has 32 heavy (non-hydrogen) atoms. The molecular formula is C25H35N3O4. The molecule has 2 aliphatic rings. The van der Waals surface area contributed by atoms with Gasteiger partial charge in [0.15, 0.2) is 0 Å². The van der Waals surface area contributed by atoms with E-state index in [2.05, 4.69) is 36.0 Å². The predicted octanol–water partition coefficient (Wildman–Crippen LogP) is 4.58. The average molecular weight is 442 g/mol. The smallest absolute Gasteiger partial charge is 0.356 e. The zero-order valence-corrected chi connectivity index (χ0v) is 20.0. The number of carbonyl (C=O) groups is 2. The van der Waals surface area contributed by atoms with Crippen LogP contribution in [0.4, 0.5) is 5.69 Å². The monoisotopic (exact) mass is 441 g/mol. The molecule has 1 aromatic heterocycles.